The number of halogens is 1. The van der Waals surface area contributed by atoms with Crippen LogP contribution in [0.5, 0.6) is 0 Å². The van der Waals surface area contributed by atoms with Crippen LogP contribution in [0.4, 0.5) is 9.52 Å². The summed E-state index contributed by atoms with van der Waals surface area (Å²) in [6.45, 7) is 4.07. The number of hydrogen-bond donors (Lipinski definition) is 1. The first-order chi connectivity index (χ1) is 11.0. The first-order valence-corrected chi connectivity index (χ1v) is 8.90. The van der Waals surface area contributed by atoms with Crippen molar-refractivity contribution >= 4 is 44.1 Å². The summed E-state index contributed by atoms with van der Waals surface area (Å²) in [5, 5.41) is 3.24. The fourth-order valence-electron chi connectivity index (χ4n) is 2.44. The first kappa shape index (κ1) is 14.7. The van der Waals surface area contributed by atoms with Crippen molar-refractivity contribution in [2.45, 2.75) is 26.4 Å². The number of fused-ring (bicyclic) bond motifs is 1. The molecule has 1 fully saturated rings. The molecule has 1 amide bonds. The summed E-state index contributed by atoms with van der Waals surface area (Å²) in [6.07, 6.45) is -0.668. The van der Waals surface area contributed by atoms with E-state index in [-0.39, 0.29) is 5.91 Å². The Morgan fingerprint density at radius 2 is 2.17 bits per heavy atom. The lowest BCUT2D eigenvalue weighted by Crippen LogP contribution is -2.14. The van der Waals surface area contributed by atoms with Gasteiger partial charge in [0.25, 0.3) is 0 Å². The van der Waals surface area contributed by atoms with Gasteiger partial charge in [0.1, 0.15) is 6.17 Å². The van der Waals surface area contributed by atoms with E-state index in [0.29, 0.717) is 11.6 Å². The van der Waals surface area contributed by atoms with E-state index in [9.17, 15) is 9.18 Å². The summed E-state index contributed by atoms with van der Waals surface area (Å²) in [5.74, 6) is -0.772. The average molecular weight is 347 g/mol. The molecule has 2 heterocycles. The van der Waals surface area contributed by atoms with Crippen LogP contribution < -0.4 is 5.32 Å². The number of thiazole rings is 1. The molecule has 4 rings (SSSR count). The fourth-order valence-corrected chi connectivity index (χ4v) is 4.23. The number of aromatic nitrogens is 2. The van der Waals surface area contributed by atoms with E-state index in [2.05, 4.69) is 27.7 Å². The molecule has 4 nitrogen and oxygen atoms in total. The number of anilines is 1. The Labute approximate surface area is 140 Å². The molecule has 0 aliphatic heterocycles. The standard InChI is InChI=1S/C16H14FN3OS2/c1-7-8(2)20-23-14(7)9-3-4-12-13(5-9)22-16(18-12)19-15(21)10-6-11(10)17/h3-5,10-11H,6H2,1-2H3,(H,18,19,21). The summed E-state index contributed by atoms with van der Waals surface area (Å²) >= 11 is 2.90. The molecule has 1 N–H and O–H groups in total. The zero-order valence-electron chi connectivity index (χ0n) is 12.6. The van der Waals surface area contributed by atoms with Gasteiger partial charge in [0.2, 0.25) is 5.91 Å². The molecular weight excluding hydrogens is 333 g/mol. The smallest absolute Gasteiger partial charge is 0.232 e. The monoisotopic (exact) mass is 347 g/mol. The second kappa shape index (κ2) is 5.35. The maximum Gasteiger partial charge on any atom is 0.232 e. The lowest BCUT2D eigenvalue weighted by molar-refractivity contribution is -0.117. The van der Waals surface area contributed by atoms with Crippen LogP contribution in [0.3, 0.4) is 0 Å². The number of benzene rings is 1. The van der Waals surface area contributed by atoms with Crippen LogP contribution in [0.15, 0.2) is 18.2 Å². The third kappa shape index (κ3) is 2.64. The summed E-state index contributed by atoms with van der Waals surface area (Å²) < 4.78 is 18.3. The molecule has 0 bridgehead atoms. The van der Waals surface area contributed by atoms with Crippen molar-refractivity contribution in [3.63, 3.8) is 0 Å². The van der Waals surface area contributed by atoms with Crippen molar-refractivity contribution in [1.82, 2.24) is 9.36 Å². The molecular formula is C16H14FN3OS2. The SMILES string of the molecule is Cc1nsc(-c2ccc3nc(NC(=O)C4CC4F)sc3c2)c1C. The Bertz CT molecular complexity index is 917. The molecule has 0 radical (unpaired) electrons. The zero-order valence-corrected chi connectivity index (χ0v) is 14.2. The lowest BCUT2D eigenvalue weighted by atomic mass is 10.1. The molecule has 1 aliphatic rings. The fraction of sp³-hybridized carbons (Fsp3) is 0.312. The van der Waals surface area contributed by atoms with Crippen molar-refractivity contribution < 1.29 is 9.18 Å². The second-order valence-electron chi connectivity index (χ2n) is 5.77. The lowest BCUT2D eigenvalue weighted by Gasteiger charge is -1.98. The number of rotatable bonds is 3. The van der Waals surface area contributed by atoms with Crippen LogP contribution in [0.1, 0.15) is 17.7 Å². The number of alkyl halides is 1. The molecule has 1 aromatic carbocycles. The Hall–Kier alpha value is -1.86. The highest BCUT2D eigenvalue weighted by molar-refractivity contribution is 7.22. The van der Waals surface area contributed by atoms with E-state index in [1.54, 1.807) is 0 Å². The molecule has 23 heavy (non-hydrogen) atoms. The number of nitrogens with zero attached hydrogens (tertiary/aromatic N) is 2. The molecule has 2 unspecified atom stereocenters. The summed E-state index contributed by atoms with van der Waals surface area (Å²) in [7, 11) is 0. The first-order valence-electron chi connectivity index (χ1n) is 7.31. The largest absolute Gasteiger partial charge is 0.302 e. The van der Waals surface area contributed by atoms with Crippen LogP contribution in [0, 0.1) is 19.8 Å². The van der Waals surface area contributed by atoms with E-state index < -0.39 is 12.1 Å². The van der Waals surface area contributed by atoms with Gasteiger partial charge >= 0.3 is 0 Å². The van der Waals surface area contributed by atoms with E-state index in [1.165, 1.54) is 28.4 Å². The van der Waals surface area contributed by atoms with E-state index in [0.717, 1.165) is 26.4 Å². The number of carbonyl (C=O) groups is 1. The minimum absolute atomic E-state index is 0.272. The number of nitrogens with one attached hydrogen (secondary N) is 1. The maximum absolute atomic E-state index is 12.9. The average Bonchev–Trinajstić information content (AvgIpc) is 2.98. The van der Waals surface area contributed by atoms with Gasteiger partial charge < -0.3 is 5.32 Å². The van der Waals surface area contributed by atoms with Crippen LogP contribution in [0.25, 0.3) is 20.7 Å². The van der Waals surface area contributed by atoms with Gasteiger partial charge in [-0.25, -0.2) is 9.37 Å². The van der Waals surface area contributed by atoms with Crippen LogP contribution in [-0.4, -0.2) is 21.4 Å². The molecule has 2 aromatic heterocycles. The Balaban J connectivity index is 1.64. The third-order valence-electron chi connectivity index (χ3n) is 4.09. The van der Waals surface area contributed by atoms with Crippen LogP contribution in [0.2, 0.25) is 0 Å². The molecule has 3 aromatic rings. The van der Waals surface area contributed by atoms with Gasteiger partial charge in [-0.2, -0.15) is 4.37 Å². The highest BCUT2D eigenvalue weighted by Gasteiger charge is 2.43. The van der Waals surface area contributed by atoms with E-state index in [4.69, 9.17) is 0 Å². The predicted molar refractivity (Wildman–Crippen MR) is 91.8 cm³/mol. The molecule has 2 atom stereocenters. The summed E-state index contributed by atoms with van der Waals surface area (Å²) in [5.41, 5.74) is 4.18. The minimum Gasteiger partial charge on any atom is -0.302 e. The van der Waals surface area contributed by atoms with Gasteiger partial charge in [-0.15, -0.1) is 0 Å². The van der Waals surface area contributed by atoms with Gasteiger partial charge in [-0.1, -0.05) is 17.4 Å². The third-order valence-corrected chi connectivity index (χ3v) is 6.11. The predicted octanol–water partition coefficient (Wildman–Crippen LogP) is 4.33. The highest BCUT2D eigenvalue weighted by atomic mass is 32.1. The molecule has 1 saturated carbocycles. The zero-order chi connectivity index (χ0) is 16.1. The van der Waals surface area contributed by atoms with Gasteiger partial charge in [0.15, 0.2) is 5.13 Å². The molecule has 1 aliphatic carbocycles. The van der Waals surface area contributed by atoms with Crippen LogP contribution in [-0.2, 0) is 4.79 Å². The number of amides is 1. The van der Waals surface area contributed by atoms with Gasteiger partial charge in [0.05, 0.1) is 26.7 Å². The van der Waals surface area contributed by atoms with E-state index >= 15 is 0 Å². The summed E-state index contributed by atoms with van der Waals surface area (Å²) in [4.78, 5) is 17.4. The number of carbonyl (C=O) groups excluding carboxylic acids is 1. The van der Waals surface area contributed by atoms with Crippen molar-refractivity contribution in [2.24, 2.45) is 5.92 Å². The van der Waals surface area contributed by atoms with Gasteiger partial charge in [-0.05, 0) is 55.1 Å². The molecule has 118 valence electrons. The topological polar surface area (TPSA) is 54.9 Å². The molecule has 0 spiro atoms. The Morgan fingerprint density at radius 3 is 2.83 bits per heavy atom. The molecule has 7 heteroatoms. The van der Waals surface area contributed by atoms with Gasteiger partial charge in [0, 0.05) is 0 Å². The van der Waals surface area contributed by atoms with Crippen molar-refractivity contribution in [2.75, 3.05) is 5.32 Å². The van der Waals surface area contributed by atoms with Gasteiger partial charge in [-0.3, -0.25) is 4.79 Å². The van der Waals surface area contributed by atoms with Crippen LogP contribution >= 0.6 is 22.9 Å². The normalized spacial score (nSPS) is 20.0. The van der Waals surface area contributed by atoms with Crippen molar-refractivity contribution in [1.29, 1.82) is 0 Å². The highest BCUT2D eigenvalue weighted by Crippen LogP contribution is 2.37. The Morgan fingerprint density at radius 1 is 1.39 bits per heavy atom. The molecule has 0 saturated heterocycles. The maximum atomic E-state index is 12.9. The minimum atomic E-state index is -0.992. The van der Waals surface area contributed by atoms with Crippen molar-refractivity contribution in [3.05, 3.63) is 29.5 Å². The second-order valence-corrected chi connectivity index (χ2v) is 7.58. The summed E-state index contributed by atoms with van der Waals surface area (Å²) in [6, 6.07) is 6.03. The number of hydrogen-bond acceptors (Lipinski definition) is 5. The van der Waals surface area contributed by atoms with E-state index in [1.807, 2.05) is 19.1 Å². The quantitative estimate of drug-likeness (QED) is 0.767. The van der Waals surface area contributed by atoms with Crippen molar-refractivity contribution in [3.8, 4) is 10.4 Å². The Kier molecular flexibility index (Phi) is 3.42. The number of aryl methyl sites for hydroxylation is 1.